The maximum atomic E-state index is 6.07. The van der Waals surface area contributed by atoms with Gasteiger partial charge in [-0.3, -0.25) is 4.68 Å². The van der Waals surface area contributed by atoms with Crippen LogP contribution in [0.4, 0.5) is 0 Å². The Labute approximate surface area is 101 Å². The molecule has 2 rings (SSSR count). The molecule has 6 heteroatoms. The van der Waals surface area contributed by atoms with Gasteiger partial charge in [-0.05, 0) is 27.7 Å². The fraction of sp³-hybridized carbons (Fsp3) is 0.700. The smallest absolute Gasteiger partial charge is 0.398 e. The van der Waals surface area contributed by atoms with Crippen molar-refractivity contribution in [2.24, 2.45) is 7.05 Å². The van der Waals surface area contributed by atoms with Gasteiger partial charge in [-0.15, -0.1) is 0 Å². The van der Waals surface area contributed by atoms with Crippen molar-refractivity contribution in [2.45, 2.75) is 38.9 Å². The summed E-state index contributed by atoms with van der Waals surface area (Å²) in [5.41, 5.74) is -0.0837. The van der Waals surface area contributed by atoms with Crippen LogP contribution in [-0.2, 0) is 16.4 Å². The van der Waals surface area contributed by atoms with Crippen LogP contribution in [0.1, 0.15) is 27.7 Å². The highest BCUT2D eigenvalue weighted by molar-refractivity contribution is 6.64. The summed E-state index contributed by atoms with van der Waals surface area (Å²) < 4.78 is 13.4. The average molecular weight is 243 g/mol. The first kappa shape index (κ1) is 12.0. The molecule has 16 heavy (non-hydrogen) atoms. The Kier molecular flexibility index (Phi) is 2.61. The molecular formula is C10H16BClN2O2. The van der Waals surface area contributed by atoms with Crippen molar-refractivity contribution >= 4 is 24.3 Å². The largest absolute Gasteiger partial charge is 0.518 e. The van der Waals surface area contributed by atoms with Gasteiger partial charge in [0.05, 0.1) is 16.2 Å². The Bertz CT molecular complexity index is 401. The highest BCUT2D eigenvalue weighted by atomic mass is 35.5. The fourth-order valence-corrected chi connectivity index (χ4v) is 1.86. The van der Waals surface area contributed by atoms with Gasteiger partial charge in [-0.1, -0.05) is 11.6 Å². The molecule has 88 valence electrons. The van der Waals surface area contributed by atoms with E-state index in [2.05, 4.69) is 5.10 Å². The average Bonchev–Trinajstić information content (AvgIpc) is 2.51. The lowest BCUT2D eigenvalue weighted by Gasteiger charge is -2.32. The Morgan fingerprint density at radius 2 is 1.75 bits per heavy atom. The summed E-state index contributed by atoms with van der Waals surface area (Å²) in [6.07, 6.45) is 1.74. The SMILES string of the molecule is Cn1cc(Cl)c(B2OC(C)(C)C(C)(C)O2)n1. The lowest BCUT2D eigenvalue weighted by molar-refractivity contribution is 0.00578. The molecule has 0 amide bonds. The van der Waals surface area contributed by atoms with Crippen molar-refractivity contribution in [1.82, 2.24) is 9.78 Å². The minimum atomic E-state index is -0.487. The second kappa shape index (κ2) is 3.49. The molecule has 1 fully saturated rings. The monoisotopic (exact) mass is 242 g/mol. The summed E-state index contributed by atoms with van der Waals surface area (Å²) in [5, 5.41) is 4.83. The van der Waals surface area contributed by atoms with E-state index in [1.807, 2.05) is 34.7 Å². The molecular weight excluding hydrogens is 226 g/mol. The molecule has 1 aliphatic rings. The topological polar surface area (TPSA) is 36.3 Å². The summed E-state index contributed by atoms with van der Waals surface area (Å²) in [6, 6.07) is 0. The lowest BCUT2D eigenvalue weighted by Crippen LogP contribution is -2.41. The molecule has 2 heterocycles. The van der Waals surface area contributed by atoms with Crippen molar-refractivity contribution in [3.63, 3.8) is 0 Å². The number of nitrogens with zero attached hydrogens (tertiary/aromatic N) is 2. The summed E-state index contributed by atoms with van der Waals surface area (Å²) >= 11 is 6.07. The maximum Gasteiger partial charge on any atom is 0.518 e. The van der Waals surface area contributed by atoms with E-state index in [9.17, 15) is 0 Å². The quantitative estimate of drug-likeness (QED) is 0.698. The number of halogens is 1. The van der Waals surface area contributed by atoms with Crippen molar-refractivity contribution in [1.29, 1.82) is 0 Å². The molecule has 1 aromatic rings. The van der Waals surface area contributed by atoms with Crippen LogP contribution in [0.15, 0.2) is 6.20 Å². The van der Waals surface area contributed by atoms with Gasteiger partial charge >= 0.3 is 7.12 Å². The standard InChI is InChI=1S/C10H16BClN2O2/c1-9(2)10(3,4)16-11(15-9)8-7(12)6-14(5)13-8/h6H,1-5H3. The normalized spacial score (nSPS) is 22.8. The van der Waals surface area contributed by atoms with E-state index in [1.165, 1.54) is 0 Å². The third kappa shape index (κ3) is 1.77. The summed E-state index contributed by atoms with van der Waals surface area (Å²) in [6.45, 7) is 8.02. The van der Waals surface area contributed by atoms with Gasteiger partial charge in [0.25, 0.3) is 0 Å². The molecule has 1 aliphatic heterocycles. The molecule has 0 N–H and O–H groups in total. The zero-order valence-corrected chi connectivity index (χ0v) is 11.0. The van der Waals surface area contributed by atoms with Crippen LogP contribution in [0.25, 0.3) is 0 Å². The van der Waals surface area contributed by atoms with E-state index >= 15 is 0 Å². The van der Waals surface area contributed by atoms with Gasteiger partial charge in [-0.2, -0.15) is 5.10 Å². The van der Waals surface area contributed by atoms with Crippen LogP contribution in [0.5, 0.6) is 0 Å². The van der Waals surface area contributed by atoms with E-state index in [1.54, 1.807) is 10.9 Å². The minimum Gasteiger partial charge on any atom is -0.398 e. The van der Waals surface area contributed by atoms with Crippen LogP contribution >= 0.6 is 11.6 Å². The molecule has 1 aromatic heterocycles. The molecule has 4 nitrogen and oxygen atoms in total. The van der Waals surface area contributed by atoms with Gasteiger partial charge in [-0.25, -0.2) is 0 Å². The van der Waals surface area contributed by atoms with Gasteiger partial charge < -0.3 is 9.31 Å². The molecule has 0 atom stereocenters. The first-order valence-electron chi connectivity index (χ1n) is 5.28. The van der Waals surface area contributed by atoms with Crippen molar-refractivity contribution in [2.75, 3.05) is 0 Å². The molecule has 0 bridgehead atoms. The fourth-order valence-electron chi connectivity index (χ4n) is 1.59. The number of hydrogen-bond acceptors (Lipinski definition) is 3. The van der Waals surface area contributed by atoms with E-state index in [4.69, 9.17) is 20.9 Å². The van der Waals surface area contributed by atoms with Gasteiger partial charge in [0.2, 0.25) is 0 Å². The molecule has 0 unspecified atom stereocenters. The molecule has 1 saturated heterocycles. The highest BCUT2D eigenvalue weighted by Gasteiger charge is 2.53. The van der Waals surface area contributed by atoms with Gasteiger partial charge in [0.1, 0.15) is 5.59 Å². The maximum absolute atomic E-state index is 6.07. The number of rotatable bonds is 1. The third-order valence-electron chi connectivity index (χ3n) is 3.29. The lowest BCUT2D eigenvalue weighted by atomic mass is 9.85. The van der Waals surface area contributed by atoms with Crippen molar-refractivity contribution < 1.29 is 9.31 Å². The first-order valence-corrected chi connectivity index (χ1v) is 5.65. The Morgan fingerprint density at radius 3 is 2.12 bits per heavy atom. The third-order valence-corrected chi connectivity index (χ3v) is 3.58. The number of aryl methyl sites for hydroxylation is 1. The molecule has 0 radical (unpaired) electrons. The number of aromatic nitrogens is 2. The van der Waals surface area contributed by atoms with Crippen LogP contribution < -0.4 is 5.59 Å². The summed E-state index contributed by atoms with van der Waals surface area (Å²) in [7, 11) is 1.33. The molecule has 0 aromatic carbocycles. The molecule has 0 aliphatic carbocycles. The van der Waals surface area contributed by atoms with Crippen molar-refractivity contribution in [3.8, 4) is 0 Å². The molecule has 0 saturated carbocycles. The zero-order valence-electron chi connectivity index (χ0n) is 10.2. The van der Waals surface area contributed by atoms with Crippen molar-refractivity contribution in [3.05, 3.63) is 11.2 Å². The predicted octanol–water partition coefficient (Wildman–Crippen LogP) is 1.37. The first-order chi connectivity index (χ1) is 7.23. The van der Waals surface area contributed by atoms with Crippen LogP contribution in [0, 0.1) is 0 Å². The summed E-state index contributed by atoms with van der Waals surface area (Å²) in [5.74, 6) is 0. The Balaban J connectivity index is 2.30. The second-order valence-corrected chi connectivity index (χ2v) is 5.53. The van der Waals surface area contributed by atoms with Gasteiger partial charge in [0, 0.05) is 13.2 Å². The van der Waals surface area contributed by atoms with Crippen LogP contribution in [-0.4, -0.2) is 28.1 Å². The number of hydrogen-bond donors (Lipinski definition) is 0. The predicted molar refractivity (Wildman–Crippen MR) is 63.9 cm³/mol. The zero-order chi connectivity index (χ0) is 12.1. The minimum absolute atomic E-state index is 0.363. The van der Waals surface area contributed by atoms with Crippen LogP contribution in [0.3, 0.4) is 0 Å². The summed E-state index contributed by atoms with van der Waals surface area (Å²) in [4.78, 5) is 0. The van der Waals surface area contributed by atoms with Gasteiger partial charge in [0.15, 0.2) is 0 Å². The van der Waals surface area contributed by atoms with Crippen LogP contribution in [0.2, 0.25) is 5.02 Å². The van der Waals surface area contributed by atoms with E-state index < -0.39 is 7.12 Å². The Morgan fingerprint density at radius 1 is 1.25 bits per heavy atom. The van der Waals surface area contributed by atoms with E-state index in [-0.39, 0.29) is 11.2 Å². The molecule has 0 spiro atoms. The van der Waals surface area contributed by atoms with E-state index in [0.29, 0.717) is 10.6 Å². The second-order valence-electron chi connectivity index (χ2n) is 5.12. The Hall–Kier alpha value is -0.515. The van der Waals surface area contributed by atoms with E-state index in [0.717, 1.165) is 0 Å². The highest BCUT2D eigenvalue weighted by Crippen LogP contribution is 2.36.